The molecule has 0 saturated carbocycles. The van der Waals surface area contributed by atoms with Crippen LogP contribution in [0.3, 0.4) is 0 Å². The first-order valence-corrected chi connectivity index (χ1v) is 10.5. The number of piperidine rings is 1. The van der Waals surface area contributed by atoms with Gasteiger partial charge >= 0.3 is 11.9 Å². The maximum absolute atomic E-state index is 13.2. The van der Waals surface area contributed by atoms with Gasteiger partial charge in [-0.05, 0) is 50.3 Å². The maximum Gasteiger partial charge on any atom is 0.318 e. The predicted octanol–water partition coefficient (Wildman–Crippen LogP) is 2.80. The van der Waals surface area contributed by atoms with Gasteiger partial charge in [-0.2, -0.15) is 0 Å². The van der Waals surface area contributed by atoms with Crippen molar-refractivity contribution in [3.8, 4) is 11.5 Å². The van der Waals surface area contributed by atoms with E-state index in [0.29, 0.717) is 43.0 Å². The summed E-state index contributed by atoms with van der Waals surface area (Å²) < 4.78 is 16.0. The van der Waals surface area contributed by atoms with Crippen molar-refractivity contribution in [1.82, 2.24) is 4.90 Å². The number of carboxylic acid groups (broad SMARTS) is 1. The highest BCUT2D eigenvalue weighted by atomic mass is 16.5. The molecule has 8 heteroatoms. The van der Waals surface area contributed by atoms with Gasteiger partial charge in [-0.1, -0.05) is 12.1 Å². The Morgan fingerprint density at radius 2 is 1.97 bits per heavy atom. The molecule has 1 amide bonds. The first-order valence-electron chi connectivity index (χ1n) is 10.5. The standard InChI is InChI=1S/C23H29NO7/c1-4-31-22(28)23-10-5-6-19(23)24(21(27)16(14-23)13-20(25)26)11-9-15-7-8-17(29-2)18(12-15)30-3/h6-8,12,16H,4-5,9-11,13-14H2,1-3H3,(H,25,26)/t16-,23-/m0/s1. The van der Waals surface area contributed by atoms with E-state index < -0.39 is 17.3 Å². The monoisotopic (exact) mass is 431 g/mol. The van der Waals surface area contributed by atoms with E-state index in [2.05, 4.69) is 0 Å². The fraction of sp³-hybridized carbons (Fsp3) is 0.522. The SMILES string of the molecule is CCOC(=O)[C@]12CCC=C1N(CCc1ccc(OC)c(OC)c1)C(=O)[C@@H](CC(=O)O)C2. The Labute approximate surface area is 181 Å². The molecule has 2 atom stereocenters. The number of carboxylic acids is 1. The lowest BCUT2D eigenvalue weighted by molar-refractivity contribution is -0.161. The highest BCUT2D eigenvalue weighted by Crippen LogP contribution is 2.51. The van der Waals surface area contributed by atoms with Crippen molar-refractivity contribution in [2.24, 2.45) is 11.3 Å². The number of methoxy groups -OCH3 is 2. The molecule has 0 unspecified atom stereocenters. The molecule has 1 aliphatic heterocycles. The molecular formula is C23H29NO7. The summed E-state index contributed by atoms with van der Waals surface area (Å²) in [6, 6.07) is 5.55. The van der Waals surface area contributed by atoms with Crippen molar-refractivity contribution < 1.29 is 33.7 Å². The van der Waals surface area contributed by atoms with Crippen LogP contribution in [0, 0.1) is 11.3 Å². The molecule has 0 bridgehead atoms. The van der Waals surface area contributed by atoms with Gasteiger partial charge in [-0.3, -0.25) is 14.4 Å². The lowest BCUT2D eigenvalue weighted by atomic mass is 9.71. The minimum atomic E-state index is -1.05. The first kappa shape index (κ1) is 22.7. The lowest BCUT2D eigenvalue weighted by Crippen LogP contribution is -2.52. The maximum atomic E-state index is 13.2. The van der Waals surface area contributed by atoms with E-state index in [4.69, 9.17) is 14.2 Å². The number of esters is 1. The molecule has 0 radical (unpaired) electrons. The summed E-state index contributed by atoms with van der Waals surface area (Å²) >= 11 is 0. The number of fused-ring (bicyclic) bond motifs is 1. The fourth-order valence-electron chi connectivity index (χ4n) is 4.64. The van der Waals surface area contributed by atoms with Crippen molar-refractivity contribution in [2.75, 3.05) is 27.4 Å². The van der Waals surface area contributed by atoms with Crippen LogP contribution in [0.2, 0.25) is 0 Å². The van der Waals surface area contributed by atoms with Gasteiger partial charge in [0.05, 0.1) is 33.2 Å². The Kier molecular flexibility index (Phi) is 6.87. The molecule has 31 heavy (non-hydrogen) atoms. The van der Waals surface area contributed by atoms with Gasteiger partial charge in [-0.15, -0.1) is 0 Å². The molecule has 1 aromatic carbocycles. The molecular weight excluding hydrogens is 402 g/mol. The molecule has 1 heterocycles. The van der Waals surface area contributed by atoms with E-state index in [1.54, 1.807) is 32.1 Å². The Balaban J connectivity index is 1.88. The van der Waals surface area contributed by atoms with Crippen LogP contribution >= 0.6 is 0 Å². The average Bonchev–Trinajstić information content (AvgIpc) is 3.18. The van der Waals surface area contributed by atoms with Crippen molar-refractivity contribution in [3.63, 3.8) is 0 Å². The van der Waals surface area contributed by atoms with Crippen LogP contribution < -0.4 is 9.47 Å². The molecule has 1 aliphatic carbocycles. The summed E-state index contributed by atoms with van der Waals surface area (Å²) in [4.78, 5) is 39.1. The van der Waals surface area contributed by atoms with E-state index >= 15 is 0 Å². The van der Waals surface area contributed by atoms with Crippen LogP contribution in [0.25, 0.3) is 0 Å². The van der Waals surface area contributed by atoms with E-state index in [0.717, 1.165) is 5.56 Å². The number of hydrogen-bond acceptors (Lipinski definition) is 6. The molecule has 0 spiro atoms. The number of carbonyl (C=O) groups is 3. The molecule has 168 valence electrons. The van der Waals surface area contributed by atoms with Crippen LogP contribution in [0.1, 0.15) is 38.2 Å². The molecule has 2 aliphatic rings. The number of allylic oxidation sites excluding steroid dienone is 1. The highest BCUT2D eigenvalue weighted by molar-refractivity contribution is 5.91. The molecule has 0 aromatic heterocycles. The van der Waals surface area contributed by atoms with Crippen molar-refractivity contribution in [1.29, 1.82) is 0 Å². The number of likely N-dealkylation sites (tertiary alicyclic amines) is 1. The minimum absolute atomic E-state index is 0.176. The van der Waals surface area contributed by atoms with Gasteiger partial charge in [0.15, 0.2) is 11.5 Å². The second-order valence-corrected chi connectivity index (χ2v) is 7.86. The van der Waals surface area contributed by atoms with E-state index in [-0.39, 0.29) is 31.3 Å². The third-order valence-electron chi connectivity index (χ3n) is 6.06. The van der Waals surface area contributed by atoms with Gasteiger partial charge in [0.2, 0.25) is 5.91 Å². The first-order chi connectivity index (χ1) is 14.9. The molecule has 1 aromatic rings. The number of hydrogen-bond donors (Lipinski definition) is 1. The highest BCUT2D eigenvalue weighted by Gasteiger charge is 2.55. The zero-order chi connectivity index (χ0) is 22.6. The Morgan fingerprint density at radius 3 is 2.61 bits per heavy atom. The number of benzene rings is 1. The van der Waals surface area contributed by atoms with Gasteiger partial charge in [0.1, 0.15) is 5.41 Å². The number of carbonyl (C=O) groups excluding carboxylic acids is 2. The third kappa shape index (κ3) is 4.38. The van der Waals surface area contributed by atoms with Crippen LogP contribution in [0.4, 0.5) is 0 Å². The van der Waals surface area contributed by atoms with Crippen molar-refractivity contribution >= 4 is 17.8 Å². The zero-order valence-electron chi connectivity index (χ0n) is 18.2. The topological polar surface area (TPSA) is 102 Å². The van der Waals surface area contributed by atoms with Gasteiger partial charge < -0.3 is 24.2 Å². The number of aliphatic carboxylic acids is 1. The predicted molar refractivity (Wildman–Crippen MR) is 112 cm³/mol. The Morgan fingerprint density at radius 1 is 1.23 bits per heavy atom. The molecule has 8 nitrogen and oxygen atoms in total. The normalized spacial score (nSPS) is 22.5. The smallest absolute Gasteiger partial charge is 0.318 e. The molecule has 3 rings (SSSR count). The third-order valence-corrected chi connectivity index (χ3v) is 6.06. The van der Waals surface area contributed by atoms with Crippen LogP contribution in [0.5, 0.6) is 11.5 Å². The summed E-state index contributed by atoms with van der Waals surface area (Å²) in [5, 5.41) is 9.32. The zero-order valence-corrected chi connectivity index (χ0v) is 18.2. The molecule has 1 fully saturated rings. The Hall–Kier alpha value is -3.03. The second-order valence-electron chi connectivity index (χ2n) is 7.86. The number of nitrogens with zero attached hydrogens (tertiary/aromatic N) is 1. The van der Waals surface area contributed by atoms with Crippen LogP contribution in [0.15, 0.2) is 30.0 Å². The second kappa shape index (κ2) is 9.41. The summed E-state index contributed by atoms with van der Waals surface area (Å²) in [6.45, 7) is 2.30. The number of rotatable bonds is 9. The molecule has 1 saturated heterocycles. The van der Waals surface area contributed by atoms with Crippen LogP contribution in [-0.2, 0) is 25.5 Å². The summed E-state index contributed by atoms with van der Waals surface area (Å²) in [6.07, 6.45) is 3.48. The number of ether oxygens (including phenoxy) is 3. The fourth-order valence-corrected chi connectivity index (χ4v) is 4.64. The molecule has 1 N–H and O–H groups in total. The van der Waals surface area contributed by atoms with E-state index in [9.17, 15) is 19.5 Å². The lowest BCUT2D eigenvalue weighted by Gasteiger charge is -2.44. The van der Waals surface area contributed by atoms with E-state index in [1.807, 2.05) is 18.2 Å². The summed E-state index contributed by atoms with van der Waals surface area (Å²) in [5.74, 6) is -1.24. The van der Waals surface area contributed by atoms with Gasteiger partial charge in [0.25, 0.3) is 0 Å². The summed E-state index contributed by atoms with van der Waals surface area (Å²) in [5.41, 5.74) is 0.631. The Bertz CT molecular complexity index is 894. The van der Waals surface area contributed by atoms with E-state index in [1.165, 1.54) is 0 Å². The van der Waals surface area contributed by atoms with Gasteiger partial charge in [-0.25, -0.2) is 0 Å². The largest absolute Gasteiger partial charge is 0.493 e. The minimum Gasteiger partial charge on any atom is -0.493 e. The quantitative estimate of drug-likeness (QED) is 0.600. The van der Waals surface area contributed by atoms with Crippen LogP contribution in [-0.4, -0.2) is 55.2 Å². The van der Waals surface area contributed by atoms with Crippen molar-refractivity contribution in [2.45, 2.75) is 39.0 Å². The van der Waals surface area contributed by atoms with Crippen molar-refractivity contribution in [3.05, 3.63) is 35.5 Å². The van der Waals surface area contributed by atoms with Gasteiger partial charge in [0, 0.05) is 12.2 Å². The summed E-state index contributed by atoms with van der Waals surface area (Å²) in [7, 11) is 3.12. The number of amides is 1. The average molecular weight is 431 g/mol.